The Morgan fingerprint density at radius 2 is 2.12 bits per heavy atom. The molecule has 0 atom stereocenters. The molecule has 0 aliphatic carbocycles. The zero-order chi connectivity index (χ0) is 12.2. The molecule has 6 heteroatoms. The molecule has 1 aromatic heterocycles. The lowest BCUT2D eigenvalue weighted by atomic mass is 10.1. The molecule has 0 amide bonds. The number of nitrogens with zero attached hydrogens (tertiary/aromatic N) is 1. The maximum Gasteiger partial charge on any atom is 0.0701 e. The molecule has 0 bridgehead atoms. The minimum absolute atomic E-state index is 0. The van der Waals surface area contributed by atoms with E-state index >= 15 is 0 Å². The fraction of sp³-hybridized carbons (Fsp3) is 0.636. The van der Waals surface area contributed by atoms with Gasteiger partial charge in [0.1, 0.15) is 0 Å². The quantitative estimate of drug-likeness (QED) is 0.834. The third-order valence-electron chi connectivity index (χ3n) is 2.06. The largest absolute Gasteiger partial charge is 0.395 e. The molecule has 1 heterocycles. The van der Waals surface area contributed by atoms with E-state index in [4.69, 9.17) is 10.8 Å². The van der Waals surface area contributed by atoms with Crippen LogP contribution >= 0.6 is 39.7 Å². The maximum absolute atomic E-state index is 9.03. The number of rotatable bonds is 6. The van der Waals surface area contributed by atoms with Crippen molar-refractivity contribution in [2.75, 3.05) is 19.7 Å². The Bertz CT molecular complexity index is 328. The van der Waals surface area contributed by atoms with Gasteiger partial charge in [-0.25, -0.2) is 0 Å². The standard InChI is InChI=1S/C11H19BrN2OS.ClH/c1-11(2,13)8-14(5-6-15)7-9-3-4-10(12)16-9;/h3-4,15H,5-8,13H2,1-2H3;1H. The molecule has 0 saturated heterocycles. The number of aliphatic hydroxyl groups excluding tert-OH is 1. The van der Waals surface area contributed by atoms with E-state index in [9.17, 15) is 0 Å². The molecule has 17 heavy (non-hydrogen) atoms. The highest BCUT2D eigenvalue weighted by Crippen LogP contribution is 2.23. The van der Waals surface area contributed by atoms with Crippen molar-refractivity contribution < 1.29 is 5.11 Å². The Hall–Kier alpha value is 0.350. The van der Waals surface area contributed by atoms with Crippen LogP contribution in [0.4, 0.5) is 0 Å². The van der Waals surface area contributed by atoms with Crippen LogP contribution < -0.4 is 5.73 Å². The van der Waals surface area contributed by atoms with E-state index in [1.54, 1.807) is 11.3 Å². The van der Waals surface area contributed by atoms with Crippen molar-refractivity contribution in [3.63, 3.8) is 0 Å². The van der Waals surface area contributed by atoms with E-state index in [0.29, 0.717) is 6.54 Å². The molecule has 0 aliphatic rings. The van der Waals surface area contributed by atoms with Gasteiger partial charge in [-0.2, -0.15) is 0 Å². The van der Waals surface area contributed by atoms with Gasteiger partial charge < -0.3 is 10.8 Å². The second kappa shape index (κ2) is 7.71. The van der Waals surface area contributed by atoms with Crippen LogP contribution in [-0.4, -0.2) is 35.2 Å². The summed E-state index contributed by atoms with van der Waals surface area (Å²) in [7, 11) is 0. The molecule has 1 aromatic rings. The summed E-state index contributed by atoms with van der Waals surface area (Å²) in [6, 6.07) is 4.15. The van der Waals surface area contributed by atoms with Crippen molar-refractivity contribution in [2.45, 2.75) is 25.9 Å². The van der Waals surface area contributed by atoms with Crippen LogP contribution in [0.1, 0.15) is 18.7 Å². The normalized spacial score (nSPS) is 11.6. The van der Waals surface area contributed by atoms with Crippen molar-refractivity contribution in [1.82, 2.24) is 4.90 Å². The fourth-order valence-electron chi connectivity index (χ4n) is 1.59. The maximum atomic E-state index is 9.03. The summed E-state index contributed by atoms with van der Waals surface area (Å²) < 4.78 is 1.14. The van der Waals surface area contributed by atoms with Crippen LogP contribution in [0, 0.1) is 0 Å². The van der Waals surface area contributed by atoms with Gasteiger partial charge >= 0.3 is 0 Å². The number of hydrogen-bond acceptors (Lipinski definition) is 4. The van der Waals surface area contributed by atoms with Crippen molar-refractivity contribution >= 4 is 39.7 Å². The van der Waals surface area contributed by atoms with Crippen molar-refractivity contribution in [2.24, 2.45) is 5.73 Å². The molecular formula is C11H20BrClN2OS. The SMILES string of the molecule is CC(C)(N)CN(CCO)Cc1ccc(Br)s1.Cl. The first kappa shape index (κ1) is 17.4. The van der Waals surface area contributed by atoms with Crippen LogP contribution in [0.2, 0.25) is 0 Å². The smallest absolute Gasteiger partial charge is 0.0701 e. The predicted octanol–water partition coefficient (Wildman–Crippen LogP) is 2.46. The molecule has 0 spiro atoms. The summed E-state index contributed by atoms with van der Waals surface area (Å²) in [6.45, 7) is 6.46. The third-order valence-corrected chi connectivity index (χ3v) is 3.66. The molecule has 0 radical (unpaired) electrons. The Kier molecular flexibility index (Phi) is 7.87. The lowest BCUT2D eigenvalue weighted by Gasteiger charge is -2.28. The number of aliphatic hydroxyl groups is 1. The molecular weight excluding hydrogens is 324 g/mol. The van der Waals surface area contributed by atoms with Crippen molar-refractivity contribution in [1.29, 1.82) is 0 Å². The number of halogens is 2. The molecule has 0 saturated carbocycles. The van der Waals surface area contributed by atoms with Crippen molar-refractivity contribution in [3.05, 3.63) is 20.8 Å². The first-order chi connectivity index (χ1) is 7.40. The molecule has 3 N–H and O–H groups in total. The van der Waals surface area contributed by atoms with Gasteiger partial charge in [0.25, 0.3) is 0 Å². The molecule has 0 aromatic carbocycles. The fourth-order valence-corrected chi connectivity index (χ4v) is 3.11. The summed E-state index contributed by atoms with van der Waals surface area (Å²) in [5.74, 6) is 0. The average Bonchev–Trinajstić information content (AvgIpc) is 2.48. The van der Waals surface area contributed by atoms with Gasteiger partial charge in [0.2, 0.25) is 0 Å². The summed E-state index contributed by atoms with van der Waals surface area (Å²) in [4.78, 5) is 3.46. The molecule has 0 aliphatic heterocycles. The first-order valence-corrected chi connectivity index (χ1v) is 6.88. The van der Waals surface area contributed by atoms with E-state index in [2.05, 4.69) is 26.9 Å². The molecule has 0 unspecified atom stereocenters. The van der Waals surface area contributed by atoms with Gasteiger partial charge in [0, 0.05) is 30.1 Å². The Morgan fingerprint density at radius 1 is 1.47 bits per heavy atom. The van der Waals surface area contributed by atoms with Crippen LogP contribution in [0.25, 0.3) is 0 Å². The minimum Gasteiger partial charge on any atom is -0.395 e. The summed E-state index contributed by atoms with van der Waals surface area (Å²) >= 11 is 5.17. The molecule has 3 nitrogen and oxygen atoms in total. The van der Waals surface area contributed by atoms with E-state index in [-0.39, 0.29) is 24.6 Å². The number of thiophene rings is 1. The van der Waals surface area contributed by atoms with Gasteiger partial charge in [0.05, 0.1) is 10.4 Å². The van der Waals surface area contributed by atoms with E-state index in [0.717, 1.165) is 16.9 Å². The van der Waals surface area contributed by atoms with Crippen LogP contribution in [0.15, 0.2) is 15.9 Å². The zero-order valence-electron chi connectivity index (χ0n) is 10.1. The highest BCUT2D eigenvalue weighted by molar-refractivity contribution is 9.11. The summed E-state index contributed by atoms with van der Waals surface area (Å²) in [5.41, 5.74) is 5.76. The monoisotopic (exact) mass is 342 g/mol. The van der Waals surface area contributed by atoms with Gasteiger partial charge in [0.15, 0.2) is 0 Å². The summed E-state index contributed by atoms with van der Waals surface area (Å²) in [5, 5.41) is 9.03. The highest BCUT2D eigenvalue weighted by atomic mass is 79.9. The minimum atomic E-state index is -0.232. The lowest BCUT2D eigenvalue weighted by Crippen LogP contribution is -2.45. The first-order valence-electron chi connectivity index (χ1n) is 5.27. The highest BCUT2D eigenvalue weighted by Gasteiger charge is 2.17. The third kappa shape index (κ3) is 7.39. The summed E-state index contributed by atoms with van der Waals surface area (Å²) in [6.07, 6.45) is 0. The topological polar surface area (TPSA) is 49.5 Å². The van der Waals surface area contributed by atoms with Crippen LogP contribution in [0.3, 0.4) is 0 Å². The number of nitrogens with two attached hydrogens (primary N) is 1. The van der Waals surface area contributed by atoms with E-state index in [1.165, 1.54) is 4.88 Å². The van der Waals surface area contributed by atoms with Crippen LogP contribution in [0.5, 0.6) is 0 Å². The average molecular weight is 344 g/mol. The second-order valence-electron chi connectivity index (χ2n) is 4.63. The lowest BCUT2D eigenvalue weighted by molar-refractivity contribution is 0.167. The molecule has 100 valence electrons. The van der Waals surface area contributed by atoms with E-state index < -0.39 is 0 Å². The Labute approximate surface area is 122 Å². The Balaban J connectivity index is 0.00000256. The van der Waals surface area contributed by atoms with Crippen molar-refractivity contribution in [3.8, 4) is 0 Å². The second-order valence-corrected chi connectivity index (χ2v) is 7.18. The van der Waals surface area contributed by atoms with Gasteiger partial charge in [-0.3, -0.25) is 4.90 Å². The Morgan fingerprint density at radius 3 is 2.53 bits per heavy atom. The molecule has 1 rings (SSSR count). The van der Waals surface area contributed by atoms with Gasteiger partial charge in [-0.15, -0.1) is 23.7 Å². The molecule has 0 fully saturated rings. The number of hydrogen-bond donors (Lipinski definition) is 2. The predicted molar refractivity (Wildman–Crippen MR) is 79.9 cm³/mol. The zero-order valence-corrected chi connectivity index (χ0v) is 13.4. The van der Waals surface area contributed by atoms with Gasteiger partial charge in [-0.05, 0) is 41.9 Å². The van der Waals surface area contributed by atoms with Gasteiger partial charge in [-0.1, -0.05) is 0 Å². The van der Waals surface area contributed by atoms with E-state index in [1.807, 2.05) is 19.9 Å². The van der Waals surface area contributed by atoms with Crippen LogP contribution in [-0.2, 0) is 6.54 Å².